The van der Waals surface area contributed by atoms with Gasteiger partial charge in [0.25, 0.3) is 0 Å². The van der Waals surface area contributed by atoms with Crippen molar-refractivity contribution in [1.82, 2.24) is 0 Å². The van der Waals surface area contributed by atoms with Crippen LogP contribution < -0.4 is 0 Å². The number of ether oxygens (including phenoxy) is 3. The molecule has 0 saturated carbocycles. The first-order chi connectivity index (χ1) is 8.31. The fourth-order valence-electron chi connectivity index (χ4n) is 1.83. The predicted molar refractivity (Wildman–Crippen MR) is 61.5 cm³/mol. The van der Waals surface area contributed by atoms with Crippen molar-refractivity contribution in [2.75, 3.05) is 20.3 Å². The maximum Gasteiger partial charge on any atom is 0.340 e. The molecule has 1 aliphatic rings. The molecule has 0 unspecified atom stereocenters. The van der Waals surface area contributed by atoms with E-state index in [-0.39, 0.29) is 12.1 Å². The third-order valence-electron chi connectivity index (χ3n) is 2.72. The van der Waals surface area contributed by atoms with E-state index >= 15 is 0 Å². The first kappa shape index (κ1) is 12.1. The molecule has 2 atom stereocenters. The molecule has 0 bridgehead atoms. The molecule has 1 aromatic carbocycles. The lowest BCUT2D eigenvalue weighted by molar-refractivity contribution is -0.161. The summed E-state index contributed by atoms with van der Waals surface area (Å²) in [6.07, 6.45) is -0.0302. The van der Waals surface area contributed by atoms with Crippen molar-refractivity contribution in [3.05, 3.63) is 35.9 Å². The lowest BCUT2D eigenvalue weighted by Gasteiger charge is -2.17. The van der Waals surface area contributed by atoms with E-state index in [0.717, 1.165) is 12.0 Å². The number of carbonyl (C=O) groups excluding carboxylic acids is 1. The molecular weight excluding hydrogens is 220 g/mol. The van der Waals surface area contributed by atoms with Gasteiger partial charge in [-0.1, -0.05) is 30.3 Å². The number of hydrogen-bond acceptors (Lipinski definition) is 4. The lowest BCUT2D eigenvalue weighted by atomic mass is 10.1. The van der Waals surface area contributed by atoms with Gasteiger partial charge in [0.05, 0.1) is 13.2 Å². The summed E-state index contributed by atoms with van der Waals surface area (Å²) in [4.78, 5) is 11.9. The average molecular weight is 236 g/mol. The van der Waals surface area contributed by atoms with Crippen LogP contribution in [0, 0.1) is 0 Å². The summed E-state index contributed by atoms with van der Waals surface area (Å²) in [6.45, 7) is 1.14. The first-order valence-corrected chi connectivity index (χ1v) is 5.67. The van der Waals surface area contributed by atoms with Gasteiger partial charge in [0.15, 0.2) is 6.10 Å². The second-order valence-corrected chi connectivity index (χ2v) is 3.95. The molecule has 1 fully saturated rings. The fourth-order valence-corrected chi connectivity index (χ4v) is 1.83. The Hall–Kier alpha value is -1.39. The van der Waals surface area contributed by atoms with E-state index in [0.29, 0.717) is 13.2 Å². The van der Waals surface area contributed by atoms with Crippen molar-refractivity contribution in [2.24, 2.45) is 0 Å². The Morgan fingerprint density at radius 2 is 2.18 bits per heavy atom. The van der Waals surface area contributed by atoms with E-state index in [1.807, 2.05) is 30.3 Å². The van der Waals surface area contributed by atoms with Gasteiger partial charge in [0.2, 0.25) is 0 Å². The smallest absolute Gasteiger partial charge is 0.340 e. The number of hydrogen-bond donors (Lipinski definition) is 0. The fraction of sp³-hybridized carbons (Fsp3) is 0.462. The monoisotopic (exact) mass is 236 g/mol. The topological polar surface area (TPSA) is 44.8 Å². The SMILES string of the molecule is CO[C@@H](C(=O)O[C@@H]1CCOC1)c1ccccc1. The zero-order chi connectivity index (χ0) is 12.1. The molecule has 0 aliphatic carbocycles. The highest BCUT2D eigenvalue weighted by molar-refractivity contribution is 5.76. The Labute approximate surface area is 100 Å². The molecule has 1 saturated heterocycles. The van der Waals surface area contributed by atoms with E-state index in [1.54, 1.807) is 0 Å². The van der Waals surface area contributed by atoms with Gasteiger partial charge in [-0.3, -0.25) is 0 Å². The van der Waals surface area contributed by atoms with Crippen LogP contribution in [0.3, 0.4) is 0 Å². The minimum atomic E-state index is -0.656. The van der Waals surface area contributed by atoms with Gasteiger partial charge in [-0.25, -0.2) is 4.79 Å². The largest absolute Gasteiger partial charge is 0.458 e. The van der Waals surface area contributed by atoms with Gasteiger partial charge in [0, 0.05) is 13.5 Å². The van der Waals surface area contributed by atoms with Crippen molar-refractivity contribution < 1.29 is 19.0 Å². The highest BCUT2D eigenvalue weighted by atomic mass is 16.6. The molecule has 0 spiro atoms. The van der Waals surface area contributed by atoms with Crippen LogP contribution in [0.2, 0.25) is 0 Å². The minimum Gasteiger partial charge on any atom is -0.458 e. The average Bonchev–Trinajstić information content (AvgIpc) is 2.84. The summed E-state index contributed by atoms with van der Waals surface area (Å²) in [5.74, 6) is -0.353. The summed E-state index contributed by atoms with van der Waals surface area (Å²) in [6, 6.07) is 9.33. The molecule has 2 rings (SSSR count). The summed E-state index contributed by atoms with van der Waals surface area (Å²) in [7, 11) is 1.50. The maximum absolute atomic E-state index is 11.9. The number of methoxy groups -OCH3 is 1. The number of carbonyl (C=O) groups is 1. The lowest BCUT2D eigenvalue weighted by Crippen LogP contribution is -2.24. The van der Waals surface area contributed by atoms with Crippen molar-refractivity contribution in [2.45, 2.75) is 18.6 Å². The van der Waals surface area contributed by atoms with Crippen LogP contribution in [0.25, 0.3) is 0 Å². The van der Waals surface area contributed by atoms with Crippen LogP contribution in [-0.2, 0) is 19.0 Å². The quantitative estimate of drug-likeness (QED) is 0.746. The van der Waals surface area contributed by atoms with Gasteiger partial charge in [-0.05, 0) is 5.56 Å². The summed E-state index contributed by atoms with van der Waals surface area (Å²) in [5, 5.41) is 0. The third-order valence-corrected chi connectivity index (χ3v) is 2.72. The zero-order valence-corrected chi connectivity index (χ0v) is 9.80. The van der Waals surface area contributed by atoms with Gasteiger partial charge >= 0.3 is 5.97 Å². The van der Waals surface area contributed by atoms with Crippen LogP contribution in [0.5, 0.6) is 0 Å². The van der Waals surface area contributed by atoms with Crippen molar-refractivity contribution in [3.63, 3.8) is 0 Å². The zero-order valence-electron chi connectivity index (χ0n) is 9.80. The normalized spacial score (nSPS) is 21.1. The molecule has 0 radical (unpaired) electrons. The van der Waals surface area contributed by atoms with Crippen LogP contribution in [0.15, 0.2) is 30.3 Å². The molecule has 0 aromatic heterocycles. The Morgan fingerprint density at radius 3 is 2.76 bits per heavy atom. The van der Waals surface area contributed by atoms with Gasteiger partial charge in [-0.15, -0.1) is 0 Å². The van der Waals surface area contributed by atoms with E-state index in [1.165, 1.54) is 7.11 Å². The Morgan fingerprint density at radius 1 is 1.41 bits per heavy atom. The van der Waals surface area contributed by atoms with Gasteiger partial charge < -0.3 is 14.2 Å². The molecule has 4 heteroatoms. The van der Waals surface area contributed by atoms with Gasteiger partial charge in [-0.2, -0.15) is 0 Å². The second kappa shape index (κ2) is 5.80. The van der Waals surface area contributed by atoms with Crippen LogP contribution >= 0.6 is 0 Å². The first-order valence-electron chi connectivity index (χ1n) is 5.67. The highest BCUT2D eigenvalue weighted by Crippen LogP contribution is 2.20. The van der Waals surface area contributed by atoms with Crippen molar-refractivity contribution in [3.8, 4) is 0 Å². The highest BCUT2D eigenvalue weighted by Gasteiger charge is 2.26. The standard InChI is InChI=1S/C13H16O4/c1-15-12(10-5-3-2-4-6-10)13(14)17-11-7-8-16-9-11/h2-6,11-12H,7-9H2,1H3/t11-,12-/m1/s1. The molecule has 0 amide bonds. The maximum atomic E-state index is 11.9. The van der Waals surface area contributed by atoms with Crippen LogP contribution in [0.1, 0.15) is 18.1 Å². The molecule has 1 aromatic rings. The molecule has 17 heavy (non-hydrogen) atoms. The van der Waals surface area contributed by atoms with E-state index < -0.39 is 6.10 Å². The number of benzene rings is 1. The number of esters is 1. The van der Waals surface area contributed by atoms with E-state index in [9.17, 15) is 4.79 Å². The molecule has 4 nitrogen and oxygen atoms in total. The number of rotatable bonds is 4. The summed E-state index contributed by atoms with van der Waals surface area (Å²) in [5.41, 5.74) is 0.805. The second-order valence-electron chi connectivity index (χ2n) is 3.95. The molecule has 0 N–H and O–H groups in total. The van der Waals surface area contributed by atoms with E-state index in [4.69, 9.17) is 14.2 Å². The Balaban J connectivity index is 2.00. The minimum absolute atomic E-state index is 0.135. The Bertz CT molecular complexity index is 357. The third kappa shape index (κ3) is 3.05. The van der Waals surface area contributed by atoms with Gasteiger partial charge in [0.1, 0.15) is 6.10 Å². The van der Waals surface area contributed by atoms with Crippen LogP contribution in [-0.4, -0.2) is 32.4 Å². The predicted octanol–water partition coefficient (Wildman–Crippen LogP) is 1.71. The summed E-state index contributed by atoms with van der Waals surface area (Å²) >= 11 is 0. The van der Waals surface area contributed by atoms with E-state index in [2.05, 4.69) is 0 Å². The molecule has 1 heterocycles. The molecule has 1 aliphatic heterocycles. The molecular formula is C13H16O4. The Kier molecular flexibility index (Phi) is 4.12. The van der Waals surface area contributed by atoms with Crippen molar-refractivity contribution >= 4 is 5.97 Å². The molecule has 92 valence electrons. The summed E-state index contributed by atoms with van der Waals surface area (Å²) < 4.78 is 15.7. The van der Waals surface area contributed by atoms with Crippen LogP contribution in [0.4, 0.5) is 0 Å². The van der Waals surface area contributed by atoms with Crippen molar-refractivity contribution in [1.29, 1.82) is 0 Å².